The van der Waals surface area contributed by atoms with E-state index in [0.29, 0.717) is 10.8 Å². The Labute approximate surface area is 97.5 Å². The number of carboxylic acids is 1. The molecule has 3 rings (SSSR count). The molecule has 1 N–H and O–H groups in total. The van der Waals surface area contributed by atoms with Gasteiger partial charge in [-0.05, 0) is 42.7 Å². The molecule has 0 unspecified atom stereocenters. The largest absolute Gasteiger partial charge is 0.477 e. The molecule has 2 aromatic rings. The van der Waals surface area contributed by atoms with Gasteiger partial charge in [0.05, 0.1) is 0 Å². The lowest BCUT2D eigenvalue weighted by Gasteiger charge is -1.99. The average Bonchev–Trinajstić information content (AvgIpc) is 2.99. The van der Waals surface area contributed by atoms with Crippen LogP contribution in [0.15, 0.2) is 18.2 Å². The van der Waals surface area contributed by atoms with Gasteiger partial charge >= 0.3 is 5.97 Å². The van der Waals surface area contributed by atoms with Gasteiger partial charge in [0.15, 0.2) is 0 Å². The number of aryl methyl sites for hydroxylation is 1. The maximum atomic E-state index is 11.2. The number of thiophene rings is 1. The highest BCUT2D eigenvalue weighted by Crippen LogP contribution is 2.48. The van der Waals surface area contributed by atoms with Gasteiger partial charge in [-0.3, -0.25) is 0 Å². The minimum Gasteiger partial charge on any atom is -0.477 e. The third-order valence-electron chi connectivity index (χ3n) is 3.06. The van der Waals surface area contributed by atoms with Crippen LogP contribution in [0.1, 0.15) is 39.6 Å². The number of rotatable bonds is 2. The summed E-state index contributed by atoms with van der Waals surface area (Å²) < 4.78 is 1.10. The van der Waals surface area contributed by atoms with Crippen molar-refractivity contribution in [1.82, 2.24) is 0 Å². The van der Waals surface area contributed by atoms with Gasteiger partial charge in [0.25, 0.3) is 0 Å². The first-order valence-electron chi connectivity index (χ1n) is 5.43. The molecule has 1 aromatic carbocycles. The third kappa shape index (κ3) is 1.43. The second kappa shape index (κ2) is 3.32. The highest BCUT2D eigenvalue weighted by Gasteiger charge is 2.31. The van der Waals surface area contributed by atoms with Crippen molar-refractivity contribution < 1.29 is 9.90 Å². The summed E-state index contributed by atoms with van der Waals surface area (Å²) in [7, 11) is 0. The Morgan fingerprint density at radius 2 is 2.19 bits per heavy atom. The summed E-state index contributed by atoms with van der Waals surface area (Å²) in [6.45, 7) is 2.05. The van der Waals surface area contributed by atoms with E-state index in [1.54, 1.807) is 0 Å². The lowest BCUT2D eigenvalue weighted by atomic mass is 10.0. The lowest BCUT2D eigenvalue weighted by Crippen LogP contribution is -1.96. The number of carbonyl (C=O) groups is 1. The molecule has 0 radical (unpaired) electrons. The number of fused-ring (bicyclic) bond motifs is 1. The molecule has 0 amide bonds. The summed E-state index contributed by atoms with van der Waals surface area (Å²) >= 11 is 1.41. The zero-order chi connectivity index (χ0) is 11.3. The minimum atomic E-state index is -0.777. The highest BCUT2D eigenvalue weighted by molar-refractivity contribution is 7.21. The van der Waals surface area contributed by atoms with Gasteiger partial charge in [-0.2, -0.15) is 0 Å². The Morgan fingerprint density at radius 1 is 1.44 bits per heavy atom. The topological polar surface area (TPSA) is 37.3 Å². The van der Waals surface area contributed by atoms with E-state index in [1.165, 1.54) is 16.9 Å². The Bertz CT molecular complexity index is 579. The summed E-state index contributed by atoms with van der Waals surface area (Å²) in [4.78, 5) is 11.8. The standard InChI is InChI=1S/C13H12O2S/c1-7-2-5-10-9(6-7)11(8-3-4-8)12(16-10)13(14)15/h2,5-6,8H,3-4H2,1H3,(H,14,15). The summed E-state index contributed by atoms with van der Waals surface area (Å²) in [6.07, 6.45) is 2.28. The van der Waals surface area contributed by atoms with Gasteiger partial charge in [-0.1, -0.05) is 17.7 Å². The zero-order valence-corrected chi connectivity index (χ0v) is 9.80. The van der Waals surface area contributed by atoms with Crippen LogP contribution in [0.5, 0.6) is 0 Å². The SMILES string of the molecule is Cc1ccc2sc(C(=O)O)c(C3CC3)c2c1. The molecule has 3 heteroatoms. The van der Waals surface area contributed by atoms with E-state index in [2.05, 4.69) is 6.07 Å². The van der Waals surface area contributed by atoms with Crippen molar-refractivity contribution in [3.05, 3.63) is 34.2 Å². The molecule has 0 aliphatic heterocycles. The fourth-order valence-corrected chi connectivity index (χ4v) is 3.28. The van der Waals surface area contributed by atoms with Crippen LogP contribution in [0.25, 0.3) is 10.1 Å². The van der Waals surface area contributed by atoms with Crippen molar-refractivity contribution in [2.24, 2.45) is 0 Å². The molecule has 0 bridgehead atoms. The van der Waals surface area contributed by atoms with Crippen molar-refractivity contribution in [3.8, 4) is 0 Å². The molecule has 0 saturated heterocycles. The molecule has 82 valence electrons. The molecular formula is C13H12O2S. The van der Waals surface area contributed by atoms with E-state index in [4.69, 9.17) is 0 Å². The number of hydrogen-bond acceptors (Lipinski definition) is 2. The average molecular weight is 232 g/mol. The Kier molecular flexibility index (Phi) is 2.04. The van der Waals surface area contributed by atoms with Crippen molar-refractivity contribution in [2.45, 2.75) is 25.7 Å². The van der Waals surface area contributed by atoms with Gasteiger partial charge in [0, 0.05) is 4.70 Å². The quantitative estimate of drug-likeness (QED) is 0.855. The van der Waals surface area contributed by atoms with E-state index in [-0.39, 0.29) is 0 Å². The van der Waals surface area contributed by atoms with Crippen molar-refractivity contribution in [2.75, 3.05) is 0 Å². The van der Waals surface area contributed by atoms with Crippen LogP contribution in [0.2, 0.25) is 0 Å². The van der Waals surface area contributed by atoms with Crippen LogP contribution in [0.3, 0.4) is 0 Å². The summed E-state index contributed by atoms with van der Waals surface area (Å²) in [5, 5.41) is 10.4. The number of hydrogen-bond donors (Lipinski definition) is 1. The predicted molar refractivity (Wildman–Crippen MR) is 65.5 cm³/mol. The zero-order valence-electron chi connectivity index (χ0n) is 8.99. The maximum Gasteiger partial charge on any atom is 0.346 e. The van der Waals surface area contributed by atoms with E-state index in [9.17, 15) is 9.90 Å². The smallest absolute Gasteiger partial charge is 0.346 e. The van der Waals surface area contributed by atoms with Crippen LogP contribution in [-0.4, -0.2) is 11.1 Å². The molecule has 1 aliphatic rings. The van der Waals surface area contributed by atoms with Crippen molar-refractivity contribution >= 4 is 27.4 Å². The van der Waals surface area contributed by atoms with Crippen LogP contribution < -0.4 is 0 Å². The molecule has 1 aromatic heterocycles. The molecule has 2 nitrogen and oxygen atoms in total. The second-order valence-corrected chi connectivity index (χ2v) is 5.48. The van der Waals surface area contributed by atoms with Crippen LogP contribution in [-0.2, 0) is 0 Å². The minimum absolute atomic E-state index is 0.488. The fraction of sp³-hybridized carbons (Fsp3) is 0.308. The molecule has 0 spiro atoms. The first-order chi connectivity index (χ1) is 7.66. The first kappa shape index (κ1) is 9.85. The predicted octanol–water partition coefficient (Wildman–Crippen LogP) is 3.79. The molecule has 1 aliphatic carbocycles. The second-order valence-electron chi connectivity index (χ2n) is 4.42. The molecule has 1 saturated carbocycles. The Balaban J connectivity index is 2.33. The van der Waals surface area contributed by atoms with E-state index >= 15 is 0 Å². The van der Waals surface area contributed by atoms with E-state index in [1.807, 2.05) is 19.1 Å². The first-order valence-corrected chi connectivity index (χ1v) is 6.25. The molecule has 1 fully saturated rings. The van der Waals surface area contributed by atoms with Crippen molar-refractivity contribution in [1.29, 1.82) is 0 Å². The van der Waals surface area contributed by atoms with Crippen LogP contribution in [0.4, 0.5) is 0 Å². The highest BCUT2D eigenvalue weighted by atomic mass is 32.1. The third-order valence-corrected chi connectivity index (χ3v) is 4.24. The van der Waals surface area contributed by atoms with Gasteiger partial charge in [-0.25, -0.2) is 4.79 Å². The van der Waals surface area contributed by atoms with Crippen LogP contribution >= 0.6 is 11.3 Å². The maximum absolute atomic E-state index is 11.2. The van der Waals surface area contributed by atoms with E-state index in [0.717, 1.165) is 28.5 Å². The molecule has 16 heavy (non-hydrogen) atoms. The van der Waals surface area contributed by atoms with Gasteiger partial charge in [-0.15, -0.1) is 11.3 Å². The molecular weight excluding hydrogens is 220 g/mol. The van der Waals surface area contributed by atoms with Crippen LogP contribution in [0, 0.1) is 6.92 Å². The normalized spacial score (nSPS) is 15.6. The number of aromatic carboxylic acids is 1. The summed E-state index contributed by atoms with van der Waals surface area (Å²) in [5.41, 5.74) is 2.28. The number of benzene rings is 1. The Hall–Kier alpha value is -1.35. The lowest BCUT2D eigenvalue weighted by molar-refractivity contribution is 0.0701. The van der Waals surface area contributed by atoms with Gasteiger partial charge in [0.1, 0.15) is 4.88 Å². The molecule has 0 atom stereocenters. The fourth-order valence-electron chi connectivity index (χ4n) is 2.17. The number of carboxylic acid groups (broad SMARTS) is 1. The van der Waals surface area contributed by atoms with E-state index < -0.39 is 5.97 Å². The van der Waals surface area contributed by atoms with Gasteiger partial charge < -0.3 is 5.11 Å². The molecule has 1 heterocycles. The van der Waals surface area contributed by atoms with Crippen molar-refractivity contribution in [3.63, 3.8) is 0 Å². The Morgan fingerprint density at radius 3 is 2.81 bits per heavy atom. The summed E-state index contributed by atoms with van der Waals surface area (Å²) in [5.74, 6) is -0.289. The summed E-state index contributed by atoms with van der Waals surface area (Å²) in [6, 6.07) is 6.20. The van der Waals surface area contributed by atoms with Gasteiger partial charge in [0.2, 0.25) is 0 Å². The monoisotopic (exact) mass is 232 g/mol.